The van der Waals surface area contributed by atoms with Crippen LogP contribution in [0.4, 0.5) is 29.4 Å². The molecule has 3 N–H and O–H groups in total. The van der Waals surface area contributed by atoms with Crippen LogP contribution in [-0.2, 0) is 42.8 Å². The fraction of sp³-hybridized carbons (Fsp3) is 0.783. The lowest BCUT2D eigenvalue weighted by atomic mass is 10.1. The predicted molar refractivity (Wildman–Crippen MR) is 325 cm³/mol. The van der Waals surface area contributed by atoms with E-state index in [1.165, 1.54) is 23.4 Å². The molecule has 0 unspecified atom stereocenters. The average Bonchev–Trinajstić information content (AvgIpc) is 1.71. The summed E-state index contributed by atoms with van der Waals surface area (Å²) in [4.78, 5) is 99.2. The average molecular weight is 1250 g/mol. The number of hydrogen-bond acceptors (Lipinski definition) is 20. The summed E-state index contributed by atoms with van der Waals surface area (Å²) in [6, 6.07) is 0.837. The molecule has 13 atom stereocenters. The molecule has 5 aliphatic heterocycles. The SMILES string of the molecule is CC(C)(C)OC(=O)N1[C@@H](C(=O)CCl)C[C@H]2C[C@H]21.CCOC(=O)[C@H]1CCCN1C(=O)OC(C)(C)C.CCOC(=O)[C@H]1C[C@H]2C[C@H]2N1C(=O)OC(C)(C)C.CNc1nc([C@H]2C[C@H]3C[C@H]3N2)cs1.CNc1nc([C@H]2C[C@H]3C[C@H]3N2C(=O)OC(C)(C)C)cs1. The lowest BCUT2D eigenvalue weighted by Crippen LogP contribution is -2.46. The Morgan fingerprint density at radius 2 is 1.00 bits per heavy atom. The van der Waals surface area contributed by atoms with Crippen molar-refractivity contribution in [3.8, 4) is 0 Å². The zero-order valence-electron chi connectivity index (χ0n) is 52.7. The quantitative estimate of drug-likeness (QED) is 0.114. The topological polar surface area (TPSA) is 250 Å². The minimum atomic E-state index is -0.543. The highest BCUT2D eigenvalue weighted by molar-refractivity contribution is 7.14. The first-order chi connectivity index (χ1) is 39.8. The van der Waals surface area contributed by atoms with E-state index in [0.717, 1.165) is 66.4 Å². The van der Waals surface area contributed by atoms with Gasteiger partial charge < -0.3 is 44.4 Å². The molecule has 5 saturated heterocycles. The van der Waals surface area contributed by atoms with Gasteiger partial charge in [-0.3, -0.25) is 24.4 Å². The van der Waals surface area contributed by atoms with E-state index in [4.69, 9.17) is 40.0 Å². The third-order valence-corrected chi connectivity index (χ3v) is 17.7. The number of esters is 2. The second-order valence-electron chi connectivity index (χ2n) is 27.3. The third kappa shape index (κ3) is 18.4. The molecule has 476 valence electrons. The Bertz CT molecular complexity index is 2670. The minimum Gasteiger partial charge on any atom is -0.464 e. The van der Waals surface area contributed by atoms with Crippen LogP contribution in [0.2, 0.25) is 0 Å². The van der Waals surface area contributed by atoms with Crippen molar-refractivity contribution in [2.45, 2.75) is 238 Å². The van der Waals surface area contributed by atoms with Crippen molar-refractivity contribution in [2.75, 3.05) is 50.4 Å². The Morgan fingerprint density at radius 1 is 0.565 bits per heavy atom. The van der Waals surface area contributed by atoms with Gasteiger partial charge in [0.25, 0.3) is 0 Å². The Balaban J connectivity index is 0.000000153. The molecule has 4 saturated carbocycles. The van der Waals surface area contributed by atoms with Crippen molar-refractivity contribution in [3.63, 3.8) is 0 Å². The molecule has 0 radical (unpaired) electrons. The largest absolute Gasteiger partial charge is 0.464 e. The van der Waals surface area contributed by atoms with Crippen LogP contribution in [0.25, 0.3) is 0 Å². The Labute approximate surface area is 515 Å². The van der Waals surface area contributed by atoms with Crippen LogP contribution in [0.5, 0.6) is 0 Å². The highest BCUT2D eigenvalue weighted by atomic mass is 35.5. The lowest BCUT2D eigenvalue weighted by molar-refractivity contribution is -0.149. The van der Waals surface area contributed by atoms with Crippen molar-refractivity contribution >= 4 is 86.6 Å². The maximum absolute atomic E-state index is 12.4. The van der Waals surface area contributed by atoms with Crippen molar-refractivity contribution in [1.82, 2.24) is 34.9 Å². The molecule has 2 aromatic rings. The van der Waals surface area contributed by atoms with Gasteiger partial charge in [-0.15, -0.1) is 34.3 Å². The summed E-state index contributed by atoms with van der Waals surface area (Å²) in [7, 11) is 3.78. The van der Waals surface area contributed by atoms with Crippen LogP contribution in [0.1, 0.15) is 185 Å². The number of ketones is 1. The molecule has 9 aliphatic rings. The summed E-state index contributed by atoms with van der Waals surface area (Å²) in [5.74, 6) is 1.74. The molecule has 22 nitrogen and oxygen atoms in total. The van der Waals surface area contributed by atoms with Crippen LogP contribution in [0, 0.1) is 23.7 Å². The summed E-state index contributed by atoms with van der Waals surface area (Å²) in [5, 5.41) is 15.8. The second-order valence-corrected chi connectivity index (χ2v) is 29.2. The summed E-state index contributed by atoms with van der Waals surface area (Å²) in [6.07, 6.45) is 8.27. The molecule has 4 aliphatic carbocycles. The van der Waals surface area contributed by atoms with Crippen LogP contribution >= 0.6 is 34.3 Å². The van der Waals surface area contributed by atoms with Gasteiger partial charge in [0.15, 0.2) is 16.0 Å². The van der Waals surface area contributed by atoms with E-state index in [9.17, 15) is 33.6 Å². The third-order valence-electron chi connectivity index (χ3n) is 15.7. The maximum atomic E-state index is 12.4. The number of carbonyl (C=O) groups excluding carboxylic acids is 7. The van der Waals surface area contributed by atoms with Crippen LogP contribution in [-0.4, -0.2) is 176 Å². The van der Waals surface area contributed by atoms with Crippen LogP contribution < -0.4 is 16.0 Å². The molecule has 2 aromatic heterocycles. The van der Waals surface area contributed by atoms with E-state index < -0.39 is 46.7 Å². The molecule has 9 fully saturated rings. The molecule has 11 rings (SSSR count). The monoisotopic (exact) mass is 1250 g/mol. The first-order valence-corrected chi connectivity index (χ1v) is 32.5. The number of nitrogens with zero attached hydrogens (tertiary/aromatic N) is 6. The normalized spacial score (nSPS) is 28.7. The number of piperidine rings is 4. The predicted octanol–water partition coefficient (Wildman–Crippen LogP) is 11.0. The van der Waals surface area contributed by atoms with Gasteiger partial charge in [-0.05, 0) is 185 Å². The van der Waals surface area contributed by atoms with E-state index in [2.05, 4.69) is 31.3 Å². The summed E-state index contributed by atoms with van der Waals surface area (Å²) in [6.45, 7) is 26.8. The summed E-state index contributed by atoms with van der Waals surface area (Å²) < 4.78 is 31.5. The Hall–Kier alpha value is -5.20. The molecule has 4 amide bonds. The van der Waals surface area contributed by atoms with Crippen LogP contribution in [0.15, 0.2) is 10.8 Å². The smallest absolute Gasteiger partial charge is 0.411 e. The van der Waals surface area contributed by atoms with Gasteiger partial charge in [0, 0.05) is 55.6 Å². The van der Waals surface area contributed by atoms with E-state index in [1.54, 1.807) is 67.1 Å². The second kappa shape index (κ2) is 27.5. The molecule has 0 bridgehead atoms. The Morgan fingerprint density at radius 3 is 1.46 bits per heavy atom. The number of thiazole rings is 2. The number of ether oxygens (including phenoxy) is 6. The summed E-state index contributed by atoms with van der Waals surface area (Å²) >= 11 is 8.84. The first kappa shape index (κ1) is 67.3. The van der Waals surface area contributed by atoms with Gasteiger partial charge in [-0.2, -0.15) is 0 Å². The van der Waals surface area contributed by atoms with Gasteiger partial charge in [0.05, 0.1) is 48.6 Å². The number of likely N-dealkylation sites (tertiary alicyclic amines) is 4. The van der Waals surface area contributed by atoms with Crippen molar-refractivity contribution in [3.05, 3.63) is 22.1 Å². The van der Waals surface area contributed by atoms with Gasteiger partial charge in [0.1, 0.15) is 34.5 Å². The van der Waals surface area contributed by atoms with Crippen molar-refractivity contribution in [1.29, 1.82) is 0 Å². The first-order valence-electron chi connectivity index (χ1n) is 30.2. The number of nitrogens with one attached hydrogen (secondary N) is 3. The van der Waals surface area contributed by atoms with Crippen LogP contribution in [0.3, 0.4) is 0 Å². The van der Waals surface area contributed by atoms with Gasteiger partial charge in [0.2, 0.25) is 0 Å². The number of rotatable bonds is 10. The molecule has 25 heteroatoms. The number of carbonyl (C=O) groups is 7. The van der Waals surface area contributed by atoms with Crippen molar-refractivity contribution in [2.24, 2.45) is 23.7 Å². The molecule has 0 spiro atoms. The number of amides is 4. The fourth-order valence-corrected chi connectivity index (χ4v) is 13.3. The maximum Gasteiger partial charge on any atom is 0.411 e. The number of aromatic nitrogens is 2. The van der Waals surface area contributed by atoms with E-state index in [0.29, 0.717) is 62.4 Å². The number of anilines is 2. The zero-order valence-corrected chi connectivity index (χ0v) is 55.1. The number of halogens is 1. The molecule has 0 aromatic carbocycles. The highest BCUT2D eigenvalue weighted by Crippen LogP contribution is 2.54. The number of fused-ring (bicyclic) bond motifs is 4. The van der Waals surface area contributed by atoms with E-state index >= 15 is 0 Å². The minimum absolute atomic E-state index is 0.0383. The molecule has 7 heterocycles. The van der Waals surface area contributed by atoms with Gasteiger partial charge in [-0.1, -0.05) is 0 Å². The number of hydrogen-bond donors (Lipinski definition) is 3. The van der Waals surface area contributed by atoms with E-state index in [-0.39, 0.29) is 60.0 Å². The zero-order chi connectivity index (χ0) is 62.7. The van der Waals surface area contributed by atoms with Gasteiger partial charge >= 0.3 is 36.3 Å². The van der Waals surface area contributed by atoms with E-state index in [1.807, 2.05) is 86.7 Å². The van der Waals surface area contributed by atoms with Crippen molar-refractivity contribution < 1.29 is 62.0 Å². The summed E-state index contributed by atoms with van der Waals surface area (Å²) in [5.41, 5.74) is 0.145. The molecular formula is C60H94ClN9O13S2. The molecular weight excluding hydrogens is 1150 g/mol. The number of Topliss-reactive ketones (excluding diaryl/α,β-unsaturated/α-hetero) is 1. The van der Waals surface area contributed by atoms with Gasteiger partial charge in [-0.25, -0.2) is 38.7 Å². The number of alkyl halides is 1. The lowest BCUT2D eigenvalue weighted by Gasteiger charge is -2.29. The standard InChI is InChI=1S/C14H21N3O2S.C13H21NO4.C12H18ClNO3.C12H21NO4.C9H13N3S/c1-14(2,3)19-13(18)17-10-5-8(10)6-11(17)9-7-20-12(15-4)16-9;1-5-17-11(15)10-7-8-6-9(8)14(10)12(16)18-13(2,3)4;1-12(2,3)17-11(16)14-8-4-7(8)5-9(14)10(15)6-13;1-5-16-10(14)9-7-6-8-13(9)11(15)17-12(2,3)4;1-10-9-12-8(4-13-9)7-3-5-2-6(5)11-7/h7-8,10-11H,5-6H2,1-4H3,(H,15,16);8-10H,5-7H2,1-4H3;7-9H,4-6H2,1-3H3;9H,5-8H2,1-4H3;4-7,11H,2-3H2,1H3,(H,10,12)/t8-,10-,11-;8-,9-,10-;7-,8-,9-;9-;5-,6-,7-/m11111/s1. The fourth-order valence-electron chi connectivity index (χ4n) is 11.6. The Kier molecular flexibility index (Phi) is 21.7. The molecule has 85 heavy (non-hydrogen) atoms. The highest BCUT2D eigenvalue weighted by Gasteiger charge is 2.59.